The van der Waals surface area contributed by atoms with Gasteiger partial charge in [0.2, 0.25) is 0 Å². The number of methoxy groups -OCH3 is 2. The van der Waals surface area contributed by atoms with E-state index in [1.807, 2.05) is 48.5 Å². The number of nitrogens with two attached hydrogens (primary N) is 1. The molecule has 0 aliphatic heterocycles. The molecule has 2 aliphatic rings. The van der Waals surface area contributed by atoms with Crippen molar-refractivity contribution in [3.05, 3.63) is 29.8 Å². The van der Waals surface area contributed by atoms with Crippen molar-refractivity contribution in [2.24, 2.45) is 5.73 Å². The normalized spacial score (nSPS) is 19.3. The average molecular weight is 846 g/mol. The summed E-state index contributed by atoms with van der Waals surface area (Å²) < 4.78 is 59.0. The maximum absolute atomic E-state index is 11.7. The molecule has 336 valence electrons. The number of alkyl carbamates (subject to hydrolysis) is 2. The number of carbonyl (C=O) groups excluding carboxylic acids is 2. The SMILES string of the molecule is CC#N.CC(C)(C)OC(=O)NC1CCC(N)CC1.COCCOCCNC1CCC(NC(=O)OC(C)(C)C)CC1.COCCOCCOS(=O)(=O)c1ccc(C)cc1. The number of nitrogens with one attached hydrogen (secondary N) is 3. The molecule has 0 heterocycles. The molecule has 17 heteroatoms. The predicted octanol–water partition coefficient (Wildman–Crippen LogP) is 5.75. The molecule has 3 rings (SSSR count). The molecule has 0 aromatic heterocycles. The first-order valence-electron chi connectivity index (χ1n) is 20.1. The summed E-state index contributed by atoms with van der Waals surface area (Å²) in [4.78, 5) is 23.3. The third-order valence-electron chi connectivity index (χ3n) is 8.26. The van der Waals surface area contributed by atoms with E-state index in [1.54, 1.807) is 32.4 Å². The van der Waals surface area contributed by atoms with Crippen molar-refractivity contribution >= 4 is 22.3 Å². The van der Waals surface area contributed by atoms with E-state index in [0.717, 1.165) is 63.5 Å². The Morgan fingerprint density at radius 1 is 0.707 bits per heavy atom. The molecule has 2 amide bonds. The van der Waals surface area contributed by atoms with E-state index in [9.17, 15) is 18.0 Å². The summed E-state index contributed by atoms with van der Waals surface area (Å²) >= 11 is 0. The Hall–Kier alpha value is -3.08. The standard InChI is InChI=1S/C16H32N2O4.C12H18O5S.C11H22N2O2.C2H3N/c1-16(2,3)22-15(19)18-14-7-5-13(6-8-14)17-9-10-21-12-11-20-4;1-11-3-5-12(6-4-11)18(13,14)17-10-9-16-8-7-15-2;1-11(2,3)15-10(14)13-9-6-4-8(12)5-7-9;1-2-3/h13-14,17H,5-12H2,1-4H3,(H,18,19);3-6H,7-10H2,1-2H3;8-9H,4-7,12H2,1-3H3,(H,13,14);1H3. The monoisotopic (exact) mass is 846 g/mol. The number of carbonyl (C=O) groups is 2. The van der Waals surface area contributed by atoms with E-state index in [1.165, 1.54) is 19.1 Å². The fourth-order valence-electron chi connectivity index (χ4n) is 5.45. The van der Waals surface area contributed by atoms with Crippen LogP contribution in [0, 0.1) is 18.3 Å². The van der Waals surface area contributed by atoms with Gasteiger partial charge in [0, 0.05) is 51.9 Å². The molecule has 2 saturated carbocycles. The summed E-state index contributed by atoms with van der Waals surface area (Å²) in [6, 6.07) is 9.54. The lowest BCUT2D eigenvalue weighted by atomic mass is 9.91. The number of hydrogen-bond acceptors (Lipinski definition) is 14. The molecule has 0 atom stereocenters. The van der Waals surface area contributed by atoms with Crippen molar-refractivity contribution in [3.8, 4) is 6.07 Å². The zero-order valence-electron chi connectivity index (χ0n) is 36.9. The van der Waals surface area contributed by atoms with Crippen LogP contribution in [-0.2, 0) is 42.7 Å². The third kappa shape index (κ3) is 30.9. The van der Waals surface area contributed by atoms with Crippen LogP contribution in [0.15, 0.2) is 29.2 Å². The van der Waals surface area contributed by atoms with Crippen molar-refractivity contribution in [3.63, 3.8) is 0 Å². The molecule has 2 fully saturated rings. The van der Waals surface area contributed by atoms with E-state index >= 15 is 0 Å². The molecular formula is C41H75N5O11S. The molecule has 1 aromatic carbocycles. The molecule has 1 aromatic rings. The number of hydrogen-bond donors (Lipinski definition) is 4. The van der Waals surface area contributed by atoms with E-state index in [0.29, 0.717) is 45.1 Å². The summed E-state index contributed by atoms with van der Waals surface area (Å²) in [5.41, 5.74) is 5.92. The number of nitrogens with zero attached hydrogens (tertiary/aromatic N) is 1. The maximum Gasteiger partial charge on any atom is 0.407 e. The number of nitriles is 1. The quantitative estimate of drug-likeness (QED) is 0.108. The van der Waals surface area contributed by atoms with Crippen LogP contribution in [-0.4, -0.2) is 123 Å². The maximum atomic E-state index is 11.7. The molecule has 0 radical (unpaired) electrons. The van der Waals surface area contributed by atoms with Crippen LogP contribution in [0.1, 0.15) is 105 Å². The highest BCUT2D eigenvalue weighted by molar-refractivity contribution is 7.86. The van der Waals surface area contributed by atoms with Crippen LogP contribution in [0.4, 0.5) is 9.59 Å². The van der Waals surface area contributed by atoms with Gasteiger partial charge in [0.05, 0.1) is 57.2 Å². The molecular weight excluding hydrogens is 771 g/mol. The van der Waals surface area contributed by atoms with Gasteiger partial charge in [0.15, 0.2) is 0 Å². The summed E-state index contributed by atoms with van der Waals surface area (Å²) in [6.45, 7) is 18.5. The van der Waals surface area contributed by atoms with Gasteiger partial charge in [-0.1, -0.05) is 17.7 Å². The van der Waals surface area contributed by atoms with Gasteiger partial charge >= 0.3 is 12.2 Å². The Bertz CT molecular complexity index is 1360. The summed E-state index contributed by atoms with van der Waals surface area (Å²) in [7, 11) is -0.438. The van der Waals surface area contributed by atoms with Gasteiger partial charge in [0.1, 0.15) is 11.2 Å². The molecule has 0 unspecified atom stereocenters. The number of benzene rings is 1. The summed E-state index contributed by atoms with van der Waals surface area (Å²) in [5, 5.41) is 16.7. The van der Waals surface area contributed by atoms with Crippen molar-refractivity contribution in [1.82, 2.24) is 16.0 Å². The van der Waals surface area contributed by atoms with Crippen LogP contribution >= 0.6 is 0 Å². The number of ether oxygens (including phenoxy) is 6. The van der Waals surface area contributed by atoms with Gasteiger partial charge < -0.3 is 50.1 Å². The van der Waals surface area contributed by atoms with Crippen LogP contribution in [0.25, 0.3) is 0 Å². The summed E-state index contributed by atoms with van der Waals surface area (Å²) in [5.74, 6) is 0. The fraction of sp³-hybridized carbons (Fsp3) is 0.780. The fourth-order valence-corrected chi connectivity index (χ4v) is 6.35. The van der Waals surface area contributed by atoms with E-state index in [2.05, 4.69) is 16.0 Å². The van der Waals surface area contributed by atoms with Crippen molar-refractivity contribution in [2.75, 3.05) is 67.0 Å². The van der Waals surface area contributed by atoms with Gasteiger partial charge in [-0.2, -0.15) is 13.7 Å². The minimum absolute atomic E-state index is 0.0000753. The van der Waals surface area contributed by atoms with Crippen LogP contribution in [0.5, 0.6) is 0 Å². The second kappa shape index (κ2) is 30.9. The highest BCUT2D eigenvalue weighted by Gasteiger charge is 2.25. The van der Waals surface area contributed by atoms with Gasteiger partial charge in [-0.3, -0.25) is 4.18 Å². The molecule has 0 saturated heterocycles. The highest BCUT2D eigenvalue weighted by atomic mass is 32.2. The first-order valence-corrected chi connectivity index (χ1v) is 21.5. The lowest BCUT2D eigenvalue weighted by Crippen LogP contribution is -2.44. The first-order chi connectivity index (χ1) is 27.2. The topological polar surface area (TPSA) is 219 Å². The van der Waals surface area contributed by atoms with Gasteiger partial charge in [-0.25, -0.2) is 9.59 Å². The first kappa shape index (κ1) is 54.9. The highest BCUT2D eigenvalue weighted by Crippen LogP contribution is 2.20. The number of rotatable bonds is 17. The largest absolute Gasteiger partial charge is 0.444 e. The second-order valence-corrected chi connectivity index (χ2v) is 17.5. The Morgan fingerprint density at radius 2 is 1.10 bits per heavy atom. The Balaban J connectivity index is 0.000000824. The molecule has 58 heavy (non-hydrogen) atoms. The smallest absolute Gasteiger partial charge is 0.407 e. The second-order valence-electron chi connectivity index (χ2n) is 15.9. The van der Waals surface area contributed by atoms with E-state index < -0.39 is 21.3 Å². The van der Waals surface area contributed by atoms with E-state index in [4.69, 9.17) is 43.6 Å². The minimum Gasteiger partial charge on any atom is -0.444 e. The van der Waals surface area contributed by atoms with Crippen LogP contribution < -0.4 is 21.7 Å². The number of amides is 2. The van der Waals surface area contributed by atoms with Crippen molar-refractivity contribution in [1.29, 1.82) is 5.26 Å². The van der Waals surface area contributed by atoms with Crippen molar-refractivity contribution in [2.45, 2.75) is 147 Å². The zero-order valence-corrected chi connectivity index (χ0v) is 37.7. The lowest BCUT2D eigenvalue weighted by molar-refractivity contribution is 0.0478. The Morgan fingerprint density at radius 3 is 1.53 bits per heavy atom. The van der Waals surface area contributed by atoms with Gasteiger partial charge in [-0.05, 0) is 112 Å². The predicted molar refractivity (Wildman–Crippen MR) is 224 cm³/mol. The zero-order chi connectivity index (χ0) is 44.0. The summed E-state index contributed by atoms with van der Waals surface area (Å²) in [6.07, 6.45) is 7.38. The molecule has 16 nitrogen and oxygen atoms in total. The van der Waals surface area contributed by atoms with Gasteiger partial charge in [-0.15, -0.1) is 0 Å². The van der Waals surface area contributed by atoms with Crippen LogP contribution in [0.2, 0.25) is 0 Å². The average Bonchev–Trinajstić information content (AvgIpc) is 3.12. The van der Waals surface area contributed by atoms with Crippen LogP contribution in [0.3, 0.4) is 0 Å². The third-order valence-corrected chi connectivity index (χ3v) is 9.59. The minimum atomic E-state index is -3.68. The molecule has 5 N–H and O–H groups in total. The molecule has 0 bridgehead atoms. The number of aryl methyl sites for hydroxylation is 1. The lowest BCUT2D eigenvalue weighted by Gasteiger charge is -2.30. The van der Waals surface area contributed by atoms with Crippen molar-refractivity contribution < 1.29 is 50.6 Å². The Labute approximate surface area is 349 Å². The Kier molecular flexibility index (Phi) is 29.2. The van der Waals surface area contributed by atoms with Gasteiger partial charge in [0.25, 0.3) is 10.1 Å². The molecule has 2 aliphatic carbocycles. The van der Waals surface area contributed by atoms with E-state index in [-0.39, 0.29) is 42.4 Å². The molecule has 0 spiro atoms.